The number of fused-ring (bicyclic) bond motifs is 4. The summed E-state index contributed by atoms with van der Waals surface area (Å²) in [6, 6.07) is 9.49. The Hall–Kier alpha value is -3.68. The molecule has 8 nitrogen and oxygen atoms in total. The van der Waals surface area contributed by atoms with Crippen LogP contribution in [0.15, 0.2) is 47.6 Å². The number of methoxy groups -OCH3 is 2. The Kier molecular flexibility index (Phi) is 5.15. The first-order chi connectivity index (χ1) is 15.9. The van der Waals surface area contributed by atoms with E-state index < -0.39 is 12.2 Å². The van der Waals surface area contributed by atoms with Crippen molar-refractivity contribution in [2.24, 2.45) is 5.16 Å². The van der Waals surface area contributed by atoms with Gasteiger partial charge < -0.3 is 28.5 Å². The molecule has 0 aromatic heterocycles. The maximum Gasteiger partial charge on any atom is 0.303 e. The van der Waals surface area contributed by atoms with Crippen molar-refractivity contribution in [2.75, 3.05) is 20.8 Å². The summed E-state index contributed by atoms with van der Waals surface area (Å²) in [6.07, 6.45) is -1.27. The predicted octanol–water partition coefficient (Wildman–Crippen LogP) is 3.92. The van der Waals surface area contributed by atoms with E-state index in [1.807, 2.05) is 37.3 Å². The van der Waals surface area contributed by atoms with Crippen LogP contribution < -0.4 is 18.9 Å². The van der Waals surface area contributed by atoms with Crippen molar-refractivity contribution in [3.8, 4) is 23.0 Å². The Morgan fingerprint density at radius 2 is 1.82 bits per heavy atom. The number of nitrogens with zero attached hydrogens (tertiary/aromatic N) is 1. The summed E-state index contributed by atoms with van der Waals surface area (Å²) in [5.74, 6) is 2.03. The minimum Gasteiger partial charge on any atom is -0.493 e. The van der Waals surface area contributed by atoms with Crippen LogP contribution >= 0.6 is 0 Å². The molecule has 5 rings (SSSR count). The zero-order chi connectivity index (χ0) is 23.3. The van der Waals surface area contributed by atoms with Crippen molar-refractivity contribution in [3.05, 3.63) is 59.2 Å². The van der Waals surface area contributed by atoms with Gasteiger partial charge in [-0.3, -0.25) is 4.79 Å². The second-order valence-electron chi connectivity index (χ2n) is 8.32. The lowest BCUT2D eigenvalue weighted by Gasteiger charge is -2.28. The number of benzene rings is 2. The van der Waals surface area contributed by atoms with Gasteiger partial charge in [-0.15, -0.1) is 0 Å². The molecular formula is C25H25NO7. The smallest absolute Gasteiger partial charge is 0.303 e. The third kappa shape index (κ3) is 3.46. The van der Waals surface area contributed by atoms with Gasteiger partial charge in [0.05, 0.1) is 25.8 Å². The van der Waals surface area contributed by atoms with Crippen molar-refractivity contribution < 1.29 is 33.3 Å². The molecule has 3 aliphatic rings. The Morgan fingerprint density at radius 1 is 1.06 bits per heavy atom. The van der Waals surface area contributed by atoms with Crippen molar-refractivity contribution in [1.82, 2.24) is 0 Å². The topological polar surface area (TPSA) is 84.8 Å². The highest BCUT2D eigenvalue weighted by Crippen LogP contribution is 2.47. The Balaban J connectivity index is 1.55. The van der Waals surface area contributed by atoms with E-state index in [0.717, 1.165) is 28.0 Å². The first-order valence-corrected chi connectivity index (χ1v) is 10.7. The lowest BCUT2D eigenvalue weighted by molar-refractivity contribution is -0.149. The minimum atomic E-state index is -0.569. The molecule has 0 amide bonds. The number of carbonyl (C=O) groups is 1. The second kappa shape index (κ2) is 8.03. The van der Waals surface area contributed by atoms with Gasteiger partial charge >= 0.3 is 5.97 Å². The van der Waals surface area contributed by atoms with Gasteiger partial charge in [-0.2, -0.15) is 0 Å². The summed E-state index contributed by atoms with van der Waals surface area (Å²) < 4.78 is 28.5. The number of carbonyl (C=O) groups excluding carboxylic acids is 1. The molecule has 33 heavy (non-hydrogen) atoms. The lowest BCUT2D eigenvalue weighted by Crippen LogP contribution is -2.32. The summed E-state index contributed by atoms with van der Waals surface area (Å²) in [5.41, 5.74) is 4.08. The summed E-state index contributed by atoms with van der Waals surface area (Å²) in [4.78, 5) is 17.5. The molecule has 4 atom stereocenters. The highest BCUT2D eigenvalue weighted by atomic mass is 16.7. The van der Waals surface area contributed by atoms with E-state index in [-0.39, 0.29) is 18.0 Å². The zero-order valence-electron chi connectivity index (χ0n) is 18.9. The molecule has 0 N–H and O–H groups in total. The summed E-state index contributed by atoms with van der Waals surface area (Å²) >= 11 is 0. The molecule has 8 heteroatoms. The predicted molar refractivity (Wildman–Crippen MR) is 119 cm³/mol. The standard InChI is InChI=1S/C25H25NO7/c1-12(2)24-25(31-13(3)27)16-8-14(6-7-17(16)32-24)23-22-15-9-19(28-4)20(29-5)10-18(15)30-11-21(22)33-26-23/h6-10,21-22,24-25H,1,11H2,2-5H3. The fraction of sp³-hybridized carbons (Fsp3) is 0.360. The Morgan fingerprint density at radius 3 is 2.52 bits per heavy atom. The zero-order valence-corrected chi connectivity index (χ0v) is 18.9. The second-order valence-corrected chi connectivity index (χ2v) is 8.32. The van der Waals surface area contributed by atoms with Crippen LogP contribution in [0.4, 0.5) is 0 Å². The van der Waals surface area contributed by atoms with Crippen LogP contribution in [0.3, 0.4) is 0 Å². The monoisotopic (exact) mass is 451 g/mol. The molecule has 0 fully saturated rings. The fourth-order valence-corrected chi connectivity index (χ4v) is 4.60. The number of esters is 1. The van der Waals surface area contributed by atoms with Gasteiger partial charge in [-0.05, 0) is 36.8 Å². The third-order valence-electron chi connectivity index (χ3n) is 6.13. The average Bonchev–Trinajstić information content (AvgIpc) is 3.39. The van der Waals surface area contributed by atoms with E-state index in [9.17, 15) is 4.79 Å². The van der Waals surface area contributed by atoms with Gasteiger partial charge in [0.2, 0.25) is 0 Å². The van der Waals surface area contributed by atoms with E-state index in [2.05, 4.69) is 11.7 Å². The first-order valence-electron chi connectivity index (χ1n) is 10.7. The molecule has 3 aliphatic heterocycles. The Labute approximate surface area is 191 Å². The van der Waals surface area contributed by atoms with Gasteiger partial charge in [-0.1, -0.05) is 11.7 Å². The van der Waals surface area contributed by atoms with Gasteiger partial charge in [0.25, 0.3) is 0 Å². The van der Waals surface area contributed by atoms with Crippen LogP contribution in [-0.2, 0) is 14.4 Å². The van der Waals surface area contributed by atoms with Crippen LogP contribution in [0.2, 0.25) is 0 Å². The molecule has 0 radical (unpaired) electrons. The van der Waals surface area contributed by atoms with E-state index in [4.69, 9.17) is 28.5 Å². The average molecular weight is 451 g/mol. The SMILES string of the molecule is C=C(C)C1Oc2ccc(C3=NOC4COc5cc(OC)c(OC)cc5C34)cc2C1OC(C)=O. The summed E-state index contributed by atoms with van der Waals surface area (Å²) in [5, 5.41) is 4.41. The van der Waals surface area contributed by atoms with Crippen LogP contribution in [0, 0.1) is 0 Å². The molecule has 0 aliphatic carbocycles. The number of oxime groups is 1. The fourth-order valence-electron chi connectivity index (χ4n) is 4.60. The van der Waals surface area contributed by atoms with Crippen molar-refractivity contribution in [2.45, 2.75) is 38.1 Å². The summed E-state index contributed by atoms with van der Waals surface area (Å²) in [7, 11) is 3.19. The van der Waals surface area contributed by atoms with Crippen LogP contribution in [0.25, 0.3) is 0 Å². The molecule has 4 unspecified atom stereocenters. The number of rotatable bonds is 5. The number of ether oxygens (including phenoxy) is 5. The quantitative estimate of drug-likeness (QED) is 0.503. The van der Waals surface area contributed by atoms with E-state index >= 15 is 0 Å². The highest BCUT2D eigenvalue weighted by Gasteiger charge is 2.44. The van der Waals surface area contributed by atoms with Gasteiger partial charge in [0.1, 0.15) is 18.1 Å². The van der Waals surface area contributed by atoms with E-state index in [1.54, 1.807) is 14.2 Å². The van der Waals surface area contributed by atoms with Gasteiger partial charge in [0, 0.05) is 29.7 Å². The minimum absolute atomic E-state index is 0.155. The Bertz CT molecular complexity index is 1170. The first kappa shape index (κ1) is 21.2. The molecular weight excluding hydrogens is 426 g/mol. The highest BCUT2D eigenvalue weighted by molar-refractivity contribution is 6.07. The van der Waals surface area contributed by atoms with Crippen LogP contribution in [-0.4, -0.2) is 44.7 Å². The maximum absolute atomic E-state index is 11.8. The van der Waals surface area contributed by atoms with E-state index in [1.165, 1.54) is 6.92 Å². The molecule has 2 aromatic rings. The molecule has 0 saturated heterocycles. The van der Waals surface area contributed by atoms with Crippen molar-refractivity contribution in [1.29, 1.82) is 0 Å². The third-order valence-corrected chi connectivity index (χ3v) is 6.13. The van der Waals surface area contributed by atoms with Crippen LogP contribution in [0.5, 0.6) is 23.0 Å². The van der Waals surface area contributed by atoms with E-state index in [0.29, 0.717) is 29.6 Å². The maximum atomic E-state index is 11.8. The van der Waals surface area contributed by atoms with Crippen molar-refractivity contribution in [3.63, 3.8) is 0 Å². The van der Waals surface area contributed by atoms with Crippen molar-refractivity contribution >= 4 is 11.7 Å². The number of hydrogen-bond donors (Lipinski definition) is 0. The largest absolute Gasteiger partial charge is 0.493 e. The normalized spacial score (nSPS) is 24.2. The molecule has 0 bridgehead atoms. The lowest BCUT2D eigenvalue weighted by atomic mass is 9.83. The molecule has 3 heterocycles. The molecule has 172 valence electrons. The van der Waals surface area contributed by atoms with Gasteiger partial charge in [0.15, 0.2) is 29.8 Å². The van der Waals surface area contributed by atoms with Crippen LogP contribution in [0.1, 0.15) is 42.6 Å². The molecule has 0 spiro atoms. The molecule has 2 aromatic carbocycles. The van der Waals surface area contributed by atoms with Gasteiger partial charge in [-0.25, -0.2) is 0 Å². The summed E-state index contributed by atoms with van der Waals surface area (Å²) in [6.45, 7) is 7.60. The molecule has 0 saturated carbocycles. The number of hydrogen-bond acceptors (Lipinski definition) is 8.